The van der Waals surface area contributed by atoms with Crippen LogP contribution in [0.1, 0.15) is 11.1 Å². The third kappa shape index (κ3) is 5.23. The van der Waals surface area contributed by atoms with E-state index < -0.39 is 0 Å². The predicted molar refractivity (Wildman–Crippen MR) is 98.0 cm³/mol. The van der Waals surface area contributed by atoms with Gasteiger partial charge in [0.2, 0.25) is 5.91 Å². The van der Waals surface area contributed by atoms with Crippen molar-refractivity contribution >= 4 is 43.5 Å². The van der Waals surface area contributed by atoms with E-state index in [0.717, 1.165) is 26.7 Å². The smallest absolute Gasteiger partial charge is 0.238 e. The van der Waals surface area contributed by atoms with Crippen LogP contribution in [0.25, 0.3) is 0 Å². The normalized spacial score (nSPS) is 10.8. The number of anilines is 1. The number of benzene rings is 2. The highest BCUT2D eigenvalue weighted by Gasteiger charge is 2.09. The molecule has 22 heavy (non-hydrogen) atoms. The lowest BCUT2D eigenvalue weighted by Crippen LogP contribution is -2.30. The van der Waals surface area contributed by atoms with Crippen LogP contribution < -0.4 is 5.32 Å². The van der Waals surface area contributed by atoms with E-state index in [1.54, 1.807) is 0 Å². The number of rotatable bonds is 5. The quantitative estimate of drug-likeness (QED) is 0.759. The van der Waals surface area contributed by atoms with Gasteiger partial charge in [-0.25, -0.2) is 0 Å². The number of nitrogens with zero attached hydrogens (tertiary/aromatic N) is 1. The molecule has 116 valence electrons. The van der Waals surface area contributed by atoms with Crippen LogP contribution in [0.15, 0.2) is 51.4 Å². The SMILES string of the molecule is Cc1cc(Br)ccc1NC(=O)CN(C)Cc1ccc(Br)cc1. The average molecular weight is 426 g/mol. The van der Waals surface area contributed by atoms with Gasteiger partial charge < -0.3 is 5.32 Å². The van der Waals surface area contributed by atoms with Gasteiger partial charge >= 0.3 is 0 Å². The molecule has 0 aliphatic rings. The first-order valence-corrected chi connectivity index (χ1v) is 8.51. The fraction of sp³-hybridized carbons (Fsp3) is 0.235. The summed E-state index contributed by atoms with van der Waals surface area (Å²) in [5, 5.41) is 2.95. The maximum Gasteiger partial charge on any atom is 0.238 e. The summed E-state index contributed by atoms with van der Waals surface area (Å²) >= 11 is 6.84. The van der Waals surface area contributed by atoms with Crippen LogP contribution in [0, 0.1) is 6.92 Å². The lowest BCUT2D eigenvalue weighted by molar-refractivity contribution is -0.117. The molecule has 0 heterocycles. The predicted octanol–water partition coefficient (Wildman–Crippen LogP) is 4.59. The van der Waals surface area contributed by atoms with Crippen molar-refractivity contribution in [1.29, 1.82) is 0 Å². The number of nitrogens with one attached hydrogen (secondary N) is 1. The molecule has 1 N–H and O–H groups in total. The van der Waals surface area contributed by atoms with Crippen LogP contribution >= 0.6 is 31.9 Å². The molecular weight excluding hydrogens is 408 g/mol. The summed E-state index contributed by atoms with van der Waals surface area (Å²) in [6.07, 6.45) is 0. The van der Waals surface area contributed by atoms with Crippen molar-refractivity contribution in [2.45, 2.75) is 13.5 Å². The Morgan fingerprint density at radius 3 is 2.36 bits per heavy atom. The molecule has 0 saturated heterocycles. The second-order valence-corrected chi connectivity index (χ2v) is 7.14. The van der Waals surface area contributed by atoms with E-state index in [4.69, 9.17) is 0 Å². The minimum atomic E-state index is -0.00923. The molecule has 0 atom stereocenters. The van der Waals surface area contributed by atoms with Crippen molar-refractivity contribution in [2.24, 2.45) is 0 Å². The van der Waals surface area contributed by atoms with Crippen LogP contribution in [0.5, 0.6) is 0 Å². The molecule has 0 fully saturated rings. The summed E-state index contributed by atoms with van der Waals surface area (Å²) in [6, 6.07) is 13.9. The third-order valence-corrected chi connectivity index (χ3v) is 4.26. The van der Waals surface area contributed by atoms with Gasteiger partial charge in [0.25, 0.3) is 0 Å². The lowest BCUT2D eigenvalue weighted by atomic mass is 10.2. The molecule has 2 rings (SSSR count). The van der Waals surface area contributed by atoms with Gasteiger partial charge in [-0.3, -0.25) is 9.69 Å². The zero-order valence-electron chi connectivity index (χ0n) is 12.6. The molecule has 0 saturated carbocycles. The Labute approximate surface area is 148 Å². The van der Waals surface area contributed by atoms with Crippen LogP contribution in [0.2, 0.25) is 0 Å². The van der Waals surface area contributed by atoms with Gasteiger partial charge in [0.1, 0.15) is 0 Å². The molecule has 0 spiro atoms. The molecule has 5 heteroatoms. The number of halogens is 2. The fourth-order valence-electron chi connectivity index (χ4n) is 2.16. The summed E-state index contributed by atoms with van der Waals surface area (Å²) in [5.41, 5.74) is 3.07. The van der Waals surface area contributed by atoms with Gasteiger partial charge in [0.15, 0.2) is 0 Å². The van der Waals surface area contributed by atoms with Crippen LogP contribution in [-0.4, -0.2) is 24.4 Å². The van der Waals surface area contributed by atoms with E-state index in [9.17, 15) is 4.79 Å². The van der Waals surface area contributed by atoms with E-state index >= 15 is 0 Å². The molecule has 0 aliphatic heterocycles. The van der Waals surface area contributed by atoms with Crippen molar-refractivity contribution in [3.05, 3.63) is 62.5 Å². The standard InChI is InChI=1S/C17H18Br2N2O/c1-12-9-15(19)7-8-16(12)20-17(22)11-21(2)10-13-3-5-14(18)6-4-13/h3-9H,10-11H2,1-2H3,(H,20,22). The minimum absolute atomic E-state index is 0.00923. The van der Waals surface area contributed by atoms with E-state index in [-0.39, 0.29) is 5.91 Å². The molecule has 1 amide bonds. The second-order valence-electron chi connectivity index (χ2n) is 5.31. The van der Waals surface area contributed by atoms with Crippen molar-refractivity contribution in [1.82, 2.24) is 4.90 Å². The summed E-state index contributed by atoms with van der Waals surface area (Å²) in [4.78, 5) is 14.1. The Morgan fingerprint density at radius 2 is 1.73 bits per heavy atom. The Bertz CT molecular complexity index is 656. The van der Waals surface area contributed by atoms with Gasteiger partial charge in [0, 0.05) is 21.2 Å². The molecule has 3 nitrogen and oxygen atoms in total. The van der Waals surface area contributed by atoms with Gasteiger partial charge in [-0.05, 0) is 55.4 Å². The second kappa shape index (κ2) is 7.90. The molecule has 0 bridgehead atoms. The summed E-state index contributed by atoms with van der Waals surface area (Å²) in [5.74, 6) is -0.00923. The maximum absolute atomic E-state index is 12.1. The largest absolute Gasteiger partial charge is 0.325 e. The summed E-state index contributed by atoms with van der Waals surface area (Å²) in [6.45, 7) is 3.07. The first-order chi connectivity index (χ1) is 10.4. The number of aryl methyl sites for hydroxylation is 1. The van der Waals surface area contributed by atoms with Gasteiger partial charge in [-0.15, -0.1) is 0 Å². The minimum Gasteiger partial charge on any atom is -0.325 e. The van der Waals surface area contributed by atoms with E-state index in [1.807, 2.05) is 49.2 Å². The molecule has 0 aliphatic carbocycles. The van der Waals surface area contributed by atoms with Crippen LogP contribution in [0.3, 0.4) is 0 Å². The monoisotopic (exact) mass is 424 g/mol. The van der Waals surface area contributed by atoms with Crippen molar-refractivity contribution < 1.29 is 4.79 Å². The summed E-state index contributed by atoms with van der Waals surface area (Å²) < 4.78 is 2.07. The van der Waals surface area contributed by atoms with Gasteiger partial charge in [-0.2, -0.15) is 0 Å². The highest BCUT2D eigenvalue weighted by Crippen LogP contribution is 2.20. The zero-order valence-corrected chi connectivity index (χ0v) is 15.7. The molecule has 2 aromatic rings. The summed E-state index contributed by atoms with van der Waals surface area (Å²) in [7, 11) is 1.94. The lowest BCUT2D eigenvalue weighted by Gasteiger charge is -2.17. The maximum atomic E-state index is 12.1. The number of hydrogen-bond donors (Lipinski definition) is 1. The fourth-order valence-corrected chi connectivity index (χ4v) is 2.90. The Morgan fingerprint density at radius 1 is 1.09 bits per heavy atom. The van der Waals surface area contributed by atoms with E-state index in [0.29, 0.717) is 6.54 Å². The molecule has 0 aromatic heterocycles. The Balaban J connectivity index is 1.89. The van der Waals surface area contributed by atoms with Crippen molar-refractivity contribution in [3.63, 3.8) is 0 Å². The molecule has 0 radical (unpaired) electrons. The molecular formula is C17H18Br2N2O. The molecule has 0 unspecified atom stereocenters. The zero-order chi connectivity index (χ0) is 16.1. The molecule has 2 aromatic carbocycles. The van der Waals surface area contributed by atoms with Crippen LogP contribution in [0.4, 0.5) is 5.69 Å². The highest BCUT2D eigenvalue weighted by molar-refractivity contribution is 9.10. The Kier molecular flexibility index (Phi) is 6.17. The van der Waals surface area contributed by atoms with Crippen molar-refractivity contribution in [3.8, 4) is 0 Å². The van der Waals surface area contributed by atoms with Crippen molar-refractivity contribution in [2.75, 3.05) is 18.9 Å². The third-order valence-electron chi connectivity index (χ3n) is 3.24. The van der Waals surface area contributed by atoms with E-state index in [1.165, 1.54) is 5.56 Å². The van der Waals surface area contributed by atoms with Gasteiger partial charge in [-0.1, -0.05) is 44.0 Å². The number of carbonyl (C=O) groups excluding carboxylic acids is 1. The Hall–Kier alpha value is -1.17. The number of likely N-dealkylation sites (N-methyl/N-ethyl adjacent to an activating group) is 1. The van der Waals surface area contributed by atoms with E-state index in [2.05, 4.69) is 49.3 Å². The first-order valence-electron chi connectivity index (χ1n) is 6.93. The number of hydrogen-bond acceptors (Lipinski definition) is 2. The number of carbonyl (C=O) groups is 1. The van der Waals surface area contributed by atoms with Gasteiger partial charge in [0.05, 0.1) is 6.54 Å². The number of amides is 1. The highest BCUT2D eigenvalue weighted by atomic mass is 79.9. The first kappa shape index (κ1) is 17.2. The topological polar surface area (TPSA) is 32.3 Å². The average Bonchev–Trinajstić information content (AvgIpc) is 2.44. The van der Waals surface area contributed by atoms with Crippen LogP contribution in [-0.2, 0) is 11.3 Å².